The van der Waals surface area contributed by atoms with Crippen molar-refractivity contribution < 1.29 is 29.0 Å². The van der Waals surface area contributed by atoms with Crippen LogP contribution in [0.1, 0.15) is 51.9 Å². The van der Waals surface area contributed by atoms with E-state index < -0.39 is 35.0 Å². The molecule has 1 N–H and O–H groups in total. The second kappa shape index (κ2) is 12.2. The fourth-order valence-electron chi connectivity index (χ4n) is 6.70. The molecular weight excluding hydrogens is 520 g/mol. The molecule has 0 aromatic heterocycles. The fraction of sp³-hybridized carbons (Fsp3) is 0.567. The van der Waals surface area contributed by atoms with E-state index in [1.54, 1.807) is 46.2 Å². The van der Waals surface area contributed by atoms with Gasteiger partial charge in [0.25, 0.3) is 5.91 Å². The summed E-state index contributed by atoms with van der Waals surface area (Å²) in [5, 5.41) is 9.93. The van der Waals surface area contributed by atoms with Gasteiger partial charge in [-0.25, -0.2) is 0 Å². The highest BCUT2D eigenvalue weighted by Crippen LogP contribution is 2.64. The van der Waals surface area contributed by atoms with Crippen LogP contribution in [0.2, 0.25) is 5.02 Å². The molecule has 2 amide bonds. The lowest BCUT2D eigenvalue weighted by Gasteiger charge is -2.37. The summed E-state index contributed by atoms with van der Waals surface area (Å²) in [7, 11) is 0. The highest BCUT2D eigenvalue weighted by molar-refractivity contribution is 6.30. The van der Waals surface area contributed by atoms with Crippen molar-refractivity contribution in [2.24, 2.45) is 11.8 Å². The van der Waals surface area contributed by atoms with E-state index >= 15 is 0 Å². The number of hydrogen-bond acceptors (Lipinski definition) is 6. The fourth-order valence-corrected chi connectivity index (χ4v) is 6.83. The van der Waals surface area contributed by atoms with Crippen molar-refractivity contribution in [2.45, 2.75) is 69.1 Å². The summed E-state index contributed by atoms with van der Waals surface area (Å²) in [5.41, 5.74) is -1.36. The number of ether oxygens (including phenoxy) is 2. The molecule has 1 spiro atoms. The summed E-state index contributed by atoms with van der Waals surface area (Å²) in [6, 6.07) is 6.02. The minimum atomic E-state index is -1.14. The van der Waals surface area contributed by atoms with E-state index in [4.69, 9.17) is 21.1 Å². The molecule has 4 rings (SSSR count). The van der Waals surface area contributed by atoms with Crippen LogP contribution in [0.15, 0.2) is 49.6 Å². The quantitative estimate of drug-likeness (QED) is 0.208. The third kappa shape index (κ3) is 5.14. The number of benzene rings is 1. The van der Waals surface area contributed by atoms with Crippen LogP contribution in [-0.2, 0) is 23.9 Å². The first kappa shape index (κ1) is 29.3. The zero-order chi connectivity index (χ0) is 28.2. The van der Waals surface area contributed by atoms with Gasteiger partial charge >= 0.3 is 5.97 Å². The van der Waals surface area contributed by atoms with Gasteiger partial charge in [-0.15, -0.1) is 13.2 Å². The van der Waals surface area contributed by atoms with Crippen LogP contribution in [0, 0.1) is 11.8 Å². The Morgan fingerprint density at radius 3 is 2.59 bits per heavy atom. The molecule has 9 heteroatoms. The maximum atomic E-state index is 14.4. The van der Waals surface area contributed by atoms with Gasteiger partial charge < -0.3 is 24.4 Å². The Balaban J connectivity index is 1.74. The highest BCUT2D eigenvalue weighted by atomic mass is 35.5. The number of allylic oxidation sites excluding steroid dienone is 1. The normalized spacial score (nSPS) is 28.8. The molecule has 2 bridgehead atoms. The Bertz CT molecular complexity index is 1090. The molecule has 0 saturated carbocycles. The monoisotopic (exact) mass is 558 g/mol. The van der Waals surface area contributed by atoms with Gasteiger partial charge in [0.2, 0.25) is 5.91 Å². The third-order valence-electron chi connectivity index (χ3n) is 8.49. The van der Waals surface area contributed by atoms with E-state index in [1.807, 2.05) is 6.92 Å². The van der Waals surface area contributed by atoms with E-state index in [-0.39, 0.29) is 38.1 Å². The van der Waals surface area contributed by atoms with Crippen molar-refractivity contribution in [1.29, 1.82) is 0 Å². The molecule has 3 aliphatic heterocycles. The molecule has 0 radical (unpaired) electrons. The number of halogens is 1. The zero-order valence-corrected chi connectivity index (χ0v) is 23.4. The smallest absolute Gasteiger partial charge is 0.312 e. The van der Waals surface area contributed by atoms with E-state index in [0.717, 1.165) is 6.42 Å². The highest BCUT2D eigenvalue weighted by Gasteiger charge is 2.79. The first-order valence-corrected chi connectivity index (χ1v) is 14.2. The number of esters is 1. The van der Waals surface area contributed by atoms with E-state index in [2.05, 4.69) is 13.2 Å². The van der Waals surface area contributed by atoms with Crippen molar-refractivity contribution in [3.05, 3.63) is 54.6 Å². The Morgan fingerprint density at radius 1 is 1.21 bits per heavy atom. The molecule has 8 nitrogen and oxygen atoms in total. The molecule has 3 fully saturated rings. The lowest BCUT2D eigenvalue weighted by Crippen LogP contribution is -2.56. The number of likely N-dealkylation sites (tertiary alicyclic amines) is 1. The predicted molar refractivity (Wildman–Crippen MR) is 149 cm³/mol. The summed E-state index contributed by atoms with van der Waals surface area (Å²) < 4.78 is 12.4. The van der Waals surface area contributed by atoms with Crippen molar-refractivity contribution in [3.63, 3.8) is 0 Å². The Morgan fingerprint density at radius 2 is 1.95 bits per heavy atom. The van der Waals surface area contributed by atoms with Crippen molar-refractivity contribution in [3.8, 4) is 0 Å². The Kier molecular flexibility index (Phi) is 9.19. The molecule has 1 aromatic carbocycles. The first-order chi connectivity index (χ1) is 18.8. The van der Waals surface area contributed by atoms with Gasteiger partial charge in [-0.3, -0.25) is 14.4 Å². The number of unbranched alkanes of at least 4 members (excludes halogenated alkanes) is 2. The standard InChI is InChI=1S/C30H39ClN2O6/c1-4-7-10-20-38-28(37)24-23-26(35)33(18-8-9-19-34)25(30(23)16-15-29(24,6-3)39-30)27(36)32(17-5-2)22-13-11-21(31)12-14-22/h4-5,11-14,23-25,34H,1-2,6-10,15-20H2,3H3/t23-,24-,25?,29+,30?/m0/s1. The number of fused-ring (bicyclic) bond motifs is 1. The van der Waals surface area contributed by atoms with Crippen molar-refractivity contribution in [1.82, 2.24) is 4.90 Å². The van der Waals surface area contributed by atoms with Crippen molar-refractivity contribution >= 4 is 35.1 Å². The number of aliphatic hydroxyl groups is 1. The number of amides is 2. The maximum Gasteiger partial charge on any atom is 0.312 e. The molecule has 0 aliphatic carbocycles. The van der Waals surface area contributed by atoms with Gasteiger partial charge in [0.1, 0.15) is 17.6 Å². The average Bonchev–Trinajstić information content (AvgIpc) is 3.54. The topological polar surface area (TPSA) is 96.4 Å². The largest absolute Gasteiger partial charge is 0.465 e. The van der Waals surface area contributed by atoms with Gasteiger partial charge in [0.15, 0.2) is 0 Å². The second-order valence-corrected chi connectivity index (χ2v) is 11.0. The van der Waals surface area contributed by atoms with Crippen LogP contribution in [-0.4, -0.2) is 71.3 Å². The summed E-state index contributed by atoms with van der Waals surface area (Å²) in [4.78, 5) is 45.3. The zero-order valence-electron chi connectivity index (χ0n) is 22.6. The minimum absolute atomic E-state index is 0.0162. The van der Waals surface area contributed by atoms with Crippen LogP contribution in [0.3, 0.4) is 0 Å². The van der Waals surface area contributed by atoms with Gasteiger partial charge in [0.05, 0.1) is 18.1 Å². The van der Waals surface area contributed by atoms with E-state index in [9.17, 15) is 19.5 Å². The number of nitrogens with zero attached hydrogens (tertiary/aromatic N) is 2. The average molecular weight is 559 g/mol. The number of anilines is 1. The number of rotatable bonds is 14. The van der Waals surface area contributed by atoms with Crippen LogP contribution >= 0.6 is 11.6 Å². The van der Waals surface area contributed by atoms with Crippen LogP contribution < -0.4 is 4.90 Å². The molecule has 212 valence electrons. The van der Waals surface area contributed by atoms with Crippen LogP contribution in [0.4, 0.5) is 5.69 Å². The van der Waals surface area contributed by atoms with Crippen LogP contribution in [0.25, 0.3) is 0 Å². The number of carbonyl (C=O) groups excluding carboxylic acids is 3. The molecule has 3 heterocycles. The number of aliphatic hydroxyl groups excluding tert-OH is 1. The molecule has 2 unspecified atom stereocenters. The van der Waals surface area contributed by atoms with Crippen molar-refractivity contribution in [2.75, 3.05) is 31.2 Å². The predicted octanol–water partition coefficient (Wildman–Crippen LogP) is 4.30. The number of carbonyl (C=O) groups is 3. The van der Waals surface area contributed by atoms with Crippen LogP contribution in [0.5, 0.6) is 0 Å². The van der Waals surface area contributed by atoms with Gasteiger partial charge in [-0.1, -0.05) is 30.7 Å². The Labute approximate surface area is 235 Å². The lowest BCUT2D eigenvalue weighted by molar-refractivity contribution is -0.161. The first-order valence-electron chi connectivity index (χ1n) is 13.9. The summed E-state index contributed by atoms with van der Waals surface area (Å²) in [6.07, 6.45) is 7.38. The van der Waals surface area contributed by atoms with E-state index in [0.29, 0.717) is 49.2 Å². The summed E-state index contributed by atoms with van der Waals surface area (Å²) >= 11 is 6.10. The molecule has 3 saturated heterocycles. The maximum absolute atomic E-state index is 14.4. The third-order valence-corrected chi connectivity index (χ3v) is 8.74. The van der Waals surface area contributed by atoms with Gasteiger partial charge in [-0.05, 0) is 69.2 Å². The second-order valence-electron chi connectivity index (χ2n) is 10.6. The Hall–Kier alpha value is -2.68. The van der Waals surface area contributed by atoms with E-state index in [1.165, 1.54) is 0 Å². The van der Waals surface area contributed by atoms with Gasteiger partial charge in [0, 0.05) is 30.4 Å². The molecule has 3 aliphatic rings. The molecule has 1 aromatic rings. The summed E-state index contributed by atoms with van der Waals surface area (Å²) in [5.74, 6) is -2.58. The van der Waals surface area contributed by atoms with Gasteiger partial charge in [-0.2, -0.15) is 0 Å². The molecule has 5 atom stereocenters. The molecule has 39 heavy (non-hydrogen) atoms. The summed E-state index contributed by atoms with van der Waals surface area (Å²) in [6.45, 7) is 10.2. The molecular formula is C30H39ClN2O6. The number of hydrogen-bond donors (Lipinski definition) is 1. The minimum Gasteiger partial charge on any atom is -0.465 e. The lowest BCUT2D eigenvalue weighted by atomic mass is 9.65. The SMILES string of the molecule is C=CCCCOC(=O)[C@@H]1[C@H]2C(=O)N(CCCCO)C(C(=O)N(CC=C)c3ccc(Cl)cc3)C23CC[C@@]1(CC)O3.